The van der Waals surface area contributed by atoms with E-state index >= 15 is 0 Å². The Kier molecular flexibility index (Phi) is 4.79. The van der Waals surface area contributed by atoms with Gasteiger partial charge in [-0.1, -0.05) is 12.1 Å². The van der Waals surface area contributed by atoms with E-state index in [1.807, 2.05) is 35.2 Å². The fourth-order valence-electron chi connectivity index (χ4n) is 2.51. The normalized spacial score (nSPS) is 19.8. The predicted molar refractivity (Wildman–Crippen MR) is 83.2 cm³/mol. The van der Waals surface area contributed by atoms with Gasteiger partial charge in [0.05, 0.1) is 0 Å². The topological polar surface area (TPSA) is 49.6 Å². The number of nitrogens with zero attached hydrogens (tertiary/aromatic N) is 2. The Balaban J connectivity index is 1.97. The average molecular weight is 273 g/mol. The van der Waals surface area contributed by atoms with Gasteiger partial charge in [0, 0.05) is 30.9 Å². The molecule has 1 saturated heterocycles. The van der Waals surface area contributed by atoms with Crippen molar-refractivity contribution >= 4 is 17.7 Å². The molecule has 1 aromatic carbocycles. The molecule has 1 unspecified atom stereocenters. The predicted octanol–water partition coefficient (Wildman–Crippen LogP) is 1.83. The number of nitrogen functional groups attached to an aromatic ring is 1. The number of rotatable bonds is 3. The van der Waals surface area contributed by atoms with Gasteiger partial charge in [0.15, 0.2) is 0 Å². The molecule has 4 nitrogen and oxygen atoms in total. The lowest BCUT2D eigenvalue weighted by atomic mass is 10.0. The summed E-state index contributed by atoms with van der Waals surface area (Å²) in [6.45, 7) is 1.66. The fraction of sp³-hybridized carbons (Fsp3) is 0.438. The van der Waals surface area contributed by atoms with Crippen LogP contribution in [0.15, 0.2) is 30.3 Å². The number of benzene rings is 1. The van der Waals surface area contributed by atoms with Gasteiger partial charge >= 0.3 is 0 Å². The number of amides is 1. The molecule has 0 aromatic heterocycles. The molecule has 1 atom stereocenters. The number of hydrogen-bond donors (Lipinski definition) is 1. The molecule has 20 heavy (non-hydrogen) atoms. The third-order valence-electron chi connectivity index (χ3n) is 3.77. The average Bonchev–Trinajstić information content (AvgIpc) is 2.45. The molecule has 2 N–H and O–H groups in total. The number of nitrogens with two attached hydrogens (primary N) is 1. The quantitative estimate of drug-likeness (QED) is 0.675. The largest absolute Gasteiger partial charge is 0.399 e. The summed E-state index contributed by atoms with van der Waals surface area (Å²) in [5.41, 5.74) is 7.40. The van der Waals surface area contributed by atoms with Gasteiger partial charge in [0.2, 0.25) is 5.91 Å². The Morgan fingerprint density at radius 3 is 2.95 bits per heavy atom. The summed E-state index contributed by atoms with van der Waals surface area (Å²) in [6.07, 6.45) is 5.71. The second-order valence-corrected chi connectivity index (χ2v) is 5.55. The third kappa shape index (κ3) is 3.84. The number of likely N-dealkylation sites (tertiary alicyclic amines) is 1. The maximum atomic E-state index is 12.2. The van der Waals surface area contributed by atoms with Crippen LogP contribution in [0.4, 0.5) is 5.69 Å². The minimum Gasteiger partial charge on any atom is -0.399 e. The van der Waals surface area contributed by atoms with Gasteiger partial charge < -0.3 is 15.5 Å². The zero-order chi connectivity index (χ0) is 14.5. The number of anilines is 1. The van der Waals surface area contributed by atoms with Crippen LogP contribution in [0.2, 0.25) is 0 Å². The van der Waals surface area contributed by atoms with Crippen LogP contribution >= 0.6 is 0 Å². The van der Waals surface area contributed by atoms with E-state index in [2.05, 4.69) is 19.0 Å². The van der Waals surface area contributed by atoms with Crippen molar-refractivity contribution in [1.29, 1.82) is 0 Å². The summed E-state index contributed by atoms with van der Waals surface area (Å²) >= 11 is 0. The van der Waals surface area contributed by atoms with Crippen LogP contribution in [0.3, 0.4) is 0 Å². The van der Waals surface area contributed by atoms with Crippen molar-refractivity contribution in [1.82, 2.24) is 9.80 Å². The first kappa shape index (κ1) is 14.6. The summed E-state index contributed by atoms with van der Waals surface area (Å²) in [4.78, 5) is 16.3. The first-order valence-electron chi connectivity index (χ1n) is 7.05. The van der Waals surface area contributed by atoms with E-state index in [0.29, 0.717) is 11.7 Å². The van der Waals surface area contributed by atoms with Crippen LogP contribution < -0.4 is 5.73 Å². The lowest BCUT2D eigenvalue weighted by Gasteiger charge is -2.35. The summed E-state index contributed by atoms with van der Waals surface area (Å²) in [6, 6.07) is 8.00. The van der Waals surface area contributed by atoms with E-state index in [1.54, 1.807) is 6.08 Å². The Bertz CT molecular complexity index is 496. The molecule has 0 radical (unpaired) electrons. The van der Waals surface area contributed by atoms with E-state index < -0.39 is 0 Å². The molecule has 108 valence electrons. The minimum absolute atomic E-state index is 0.0824. The van der Waals surface area contributed by atoms with Gasteiger partial charge in [-0.05, 0) is 50.7 Å². The zero-order valence-electron chi connectivity index (χ0n) is 12.2. The Morgan fingerprint density at radius 1 is 1.45 bits per heavy atom. The highest BCUT2D eigenvalue weighted by Gasteiger charge is 2.23. The summed E-state index contributed by atoms with van der Waals surface area (Å²) in [5.74, 6) is 0.0824. The van der Waals surface area contributed by atoms with Crippen LogP contribution in [0.1, 0.15) is 18.4 Å². The second-order valence-electron chi connectivity index (χ2n) is 5.55. The first-order chi connectivity index (χ1) is 9.56. The van der Waals surface area contributed by atoms with E-state index in [9.17, 15) is 4.79 Å². The van der Waals surface area contributed by atoms with Crippen molar-refractivity contribution in [2.24, 2.45) is 0 Å². The van der Waals surface area contributed by atoms with E-state index in [-0.39, 0.29) is 5.91 Å². The highest BCUT2D eigenvalue weighted by Crippen LogP contribution is 2.15. The zero-order valence-corrected chi connectivity index (χ0v) is 12.2. The van der Waals surface area contributed by atoms with Gasteiger partial charge in [-0.15, -0.1) is 0 Å². The molecule has 1 fully saturated rings. The van der Waals surface area contributed by atoms with Crippen molar-refractivity contribution in [3.05, 3.63) is 35.9 Å². The van der Waals surface area contributed by atoms with E-state index in [1.165, 1.54) is 0 Å². The number of hydrogen-bond acceptors (Lipinski definition) is 3. The van der Waals surface area contributed by atoms with Gasteiger partial charge in [-0.2, -0.15) is 0 Å². The van der Waals surface area contributed by atoms with E-state index in [0.717, 1.165) is 31.5 Å². The van der Waals surface area contributed by atoms with Crippen molar-refractivity contribution in [3.8, 4) is 0 Å². The van der Waals surface area contributed by atoms with Crippen LogP contribution in [0.5, 0.6) is 0 Å². The molecule has 1 amide bonds. The molecule has 1 heterocycles. The molecular weight excluding hydrogens is 250 g/mol. The van der Waals surface area contributed by atoms with Gasteiger partial charge in [0.1, 0.15) is 0 Å². The van der Waals surface area contributed by atoms with Gasteiger partial charge in [-0.3, -0.25) is 4.79 Å². The van der Waals surface area contributed by atoms with Gasteiger partial charge in [0.25, 0.3) is 0 Å². The lowest BCUT2D eigenvalue weighted by Crippen LogP contribution is -2.47. The fourth-order valence-corrected chi connectivity index (χ4v) is 2.51. The highest BCUT2D eigenvalue weighted by molar-refractivity contribution is 5.92. The third-order valence-corrected chi connectivity index (χ3v) is 3.77. The van der Waals surface area contributed by atoms with Crippen LogP contribution in [0.25, 0.3) is 6.08 Å². The standard InChI is InChI=1S/C16H23N3O/c1-18(2)15-7-4-10-19(12-15)16(20)9-8-13-5-3-6-14(17)11-13/h3,5-6,8-9,11,15H,4,7,10,12,17H2,1-2H3/b9-8+. The molecule has 1 aliphatic rings. The lowest BCUT2D eigenvalue weighted by molar-refractivity contribution is -0.127. The SMILES string of the molecule is CN(C)C1CCCN(C(=O)/C=C/c2cccc(N)c2)C1. The van der Waals surface area contributed by atoms with Crippen molar-refractivity contribution < 1.29 is 4.79 Å². The maximum absolute atomic E-state index is 12.2. The van der Waals surface area contributed by atoms with Crippen LogP contribution in [-0.2, 0) is 4.79 Å². The molecule has 2 rings (SSSR count). The number of carbonyl (C=O) groups excluding carboxylic acids is 1. The van der Waals surface area contributed by atoms with Crippen molar-refractivity contribution in [3.63, 3.8) is 0 Å². The molecule has 0 spiro atoms. The van der Waals surface area contributed by atoms with Gasteiger partial charge in [-0.25, -0.2) is 0 Å². The van der Waals surface area contributed by atoms with Crippen molar-refractivity contribution in [2.75, 3.05) is 32.9 Å². The number of piperidine rings is 1. The first-order valence-corrected chi connectivity index (χ1v) is 7.05. The molecule has 0 saturated carbocycles. The Morgan fingerprint density at radius 2 is 2.25 bits per heavy atom. The highest BCUT2D eigenvalue weighted by atomic mass is 16.2. The van der Waals surface area contributed by atoms with E-state index in [4.69, 9.17) is 5.73 Å². The molecule has 0 bridgehead atoms. The Labute approximate surface area is 120 Å². The molecule has 1 aromatic rings. The second kappa shape index (κ2) is 6.57. The minimum atomic E-state index is 0.0824. The summed E-state index contributed by atoms with van der Waals surface area (Å²) in [5, 5.41) is 0. The summed E-state index contributed by atoms with van der Waals surface area (Å²) < 4.78 is 0. The number of carbonyl (C=O) groups is 1. The molecule has 0 aliphatic carbocycles. The van der Waals surface area contributed by atoms with Crippen LogP contribution in [0, 0.1) is 0 Å². The van der Waals surface area contributed by atoms with Crippen LogP contribution in [-0.4, -0.2) is 48.9 Å². The maximum Gasteiger partial charge on any atom is 0.246 e. The van der Waals surface area contributed by atoms with Crippen molar-refractivity contribution in [2.45, 2.75) is 18.9 Å². The molecule has 1 aliphatic heterocycles. The molecular formula is C16H23N3O. The molecule has 4 heteroatoms. The summed E-state index contributed by atoms with van der Waals surface area (Å²) in [7, 11) is 4.14. The number of likely N-dealkylation sites (N-methyl/N-ethyl adjacent to an activating group) is 1. The monoisotopic (exact) mass is 273 g/mol. The Hall–Kier alpha value is -1.81. The smallest absolute Gasteiger partial charge is 0.246 e.